The van der Waals surface area contributed by atoms with Gasteiger partial charge in [-0.3, -0.25) is 9.78 Å². The highest BCUT2D eigenvalue weighted by Crippen LogP contribution is 2.21. The standard InChI is InChI=1S/C16H18N2O/c1-12(2)15(13-7-4-3-5-8-13)18-16(19)14-9-6-10-17-11-14/h3-12,15H,1-2H3,(H,18,19). The van der Waals surface area contributed by atoms with Gasteiger partial charge in [0, 0.05) is 12.4 Å². The van der Waals surface area contributed by atoms with Crippen LogP contribution in [-0.4, -0.2) is 10.9 Å². The van der Waals surface area contributed by atoms with Gasteiger partial charge >= 0.3 is 0 Å². The van der Waals surface area contributed by atoms with Crippen molar-refractivity contribution in [3.8, 4) is 0 Å². The molecule has 0 aliphatic rings. The van der Waals surface area contributed by atoms with Crippen molar-refractivity contribution in [1.82, 2.24) is 10.3 Å². The Bertz CT molecular complexity index is 523. The van der Waals surface area contributed by atoms with Gasteiger partial charge in [0.25, 0.3) is 5.91 Å². The molecule has 0 aliphatic heterocycles. The van der Waals surface area contributed by atoms with Gasteiger partial charge in [-0.25, -0.2) is 0 Å². The monoisotopic (exact) mass is 254 g/mol. The molecule has 0 bridgehead atoms. The van der Waals surface area contributed by atoms with E-state index >= 15 is 0 Å². The van der Waals surface area contributed by atoms with Crippen LogP contribution in [0.2, 0.25) is 0 Å². The predicted octanol–water partition coefficient (Wildman–Crippen LogP) is 3.21. The third kappa shape index (κ3) is 3.41. The van der Waals surface area contributed by atoms with Crippen molar-refractivity contribution >= 4 is 5.91 Å². The van der Waals surface area contributed by atoms with Gasteiger partial charge in [0.1, 0.15) is 0 Å². The Hall–Kier alpha value is -2.16. The molecule has 0 fully saturated rings. The highest BCUT2D eigenvalue weighted by molar-refractivity contribution is 5.94. The molecular formula is C16H18N2O. The van der Waals surface area contributed by atoms with E-state index in [9.17, 15) is 4.79 Å². The second-order valence-electron chi connectivity index (χ2n) is 4.85. The molecule has 1 aromatic heterocycles. The van der Waals surface area contributed by atoms with E-state index < -0.39 is 0 Å². The van der Waals surface area contributed by atoms with E-state index in [1.807, 2.05) is 30.3 Å². The summed E-state index contributed by atoms with van der Waals surface area (Å²) in [6.07, 6.45) is 3.24. The van der Waals surface area contributed by atoms with Gasteiger partial charge in [0.05, 0.1) is 11.6 Å². The van der Waals surface area contributed by atoms with Crippen LogP contribution in [0.5, 0.6) is 0 Å². The van der Waals surface area contributed by atoms with Gasteiger partial charge < -0.3 is 5.32 Å². The quantitative estimate of drug-likeness (QED) is 0.910. The number of nitrogens with one attached hydrogen (secondary N) is 1. The van der Waals surface area contributed by atoms with E-state index in [-0.39, 0.29) is 11.9 Å². The molecule has 0 aliphatic carbocycles. The lowest BCUT2D eigenvalue weighted by Crippen LogP contribution is -2.31. The summed E-state index contributed by atoms with van der Waals surface area (Å²) in [6.45, 7) is 4.20. The minimum absolute atomic E-state index is 0.00825. The molecule has 0 radical (unpaired) electrons. The third-order valence-corrected chi connectivity index (χ3v) is 3.04. The van der Waals surface area contributed by atoms with Gasteiger partial charge in [-0.1, -0.05) is 44.2 Å². The molecular weight excluding hydrogens is 236 g/mol. The van der Waals surface area contributed by atoms with Crippen molar-refractivity contribution in [2.75, 3.05) is 0 Å². The smallest absolute Gasteiger partial charge is 0.253 e. The fourth-order valence-corrected chi connectivity index (χ4v) is 2.02. The van der Waals surface area contributed by atoms with Crippen molar-refractivity contribution in [2.24, 2.45) is 5.92 Å². The molecule has 1 aromatic carbocycles. The maximum absolute atomic E-state index is 12.2. The number of nitrogens with zero attached hydrogens (tertiary/aromatic N) is 1. The molecule has 2 rings (SSSR count). The van der Waals surface area contributed by atoms with E-state index in [4.69, 9.17) is 0 Å². The molecule has 1 N–H and O–H groups in total. The molecule has 3 heteroatoms. The van der Waals surface area contributed by atoms with Crippen molar-refractivity contribution in [2.45, 2.75) is 19.9 Å². The summed E-state index contributed by atoms with van der Waals surface area (Å²) < 4.78 is 0. The highest BCUT2D eigenvalue weighted by Gasteiger charge is 2.18. The molecule has 2 aromatic rings. The normalized spacial score (nSPS) is 12.2. The molecule has 1 atom stereocenters. The number of carbonyl (C=O) groups is 1. The lowest BCUT2D eigenvalue weighted by molar-refractivity contribution is 0.0925. The van der Waals surface area contributed by atoms with E-state index in [1.165, 1.54) is 0 Å². The van der Waals surface area contributed by atoms with Crippen molar-refractivity contribution < 1.29 is 4.79 Å². The van der Waals surface area contributed by atoms with Gasteiger partial charge in [-0.05, 0) is 23.6 Å². The maximum Gasteiger partial charge on any atom is 0.253 e. The molecule has 19 heavy (non-hydrogen) atoms. The number of hydrogen-bond acceptors (Lipinski definition) is 2. The molecule has 1 amide bonds. The first-order valence-corrected chi connectivity index (χ1v) is 6.44. The summed E-state index contributed by atoms with van der Waals surface area (Å²) in [6, 6.07) is 13.6. The van der Waals surface area contributed by atoms with Crippen molar-refractivity contribution in [3.05, 3.63) is 66.0 Å². The average molecular weight is 254 g/mol. The number of carbonyl (C=O) groups excluding carboxylic acids is 1. The first kappa shape index (κ1) is 13.3. The summed E-state index contributed by atoms with van der Waals surface area (Å²) in [5, 5.41) is 3.07. The average Bonchev–Trinajstić information content (AvgIpc) is 2.46. The lowest BCUT2D eigenvalue weighted by atomic mass is 9.96. The van der Waals surface area contributed by atoms with Crippen LogP contribution >= 0.6 is 0 Å². The minimum atomic E-state index is -0.0874. The largest absolute Gasteiger partial charge is 0.345 e. The van der Waals surface area contributed by atoms with Gasteiger partial charge in [0.15, 0.2) is 0 Å². The molecule has 0 saturated carbocycles. The Labute approximate surface area is 113 Å². The van der Waals surface area contributed by atoms with Gasteiger partial charge in [0.2, 0.25) is 0 Å². The summed E-state index contributed by atoms with van der Waals surface area (Å²) in [4.78, 5) is 16.2. The van der Waals surface area contributed by atoms with Crippen molar-refractivity contribution in [1.29, 1.82) is 0 Å². The zero-order valence-corrected chi connectivity index (χ0v) is 11.2. The number of pyridine rings is 1. The topological polar surface area (TPSA) is 42.0 Å². The second-order valence-corrected chi connectivity index (χ2v) is 4.85. The number of aromatic nitrogens is 1. The van der Waals surface area contributed by atoms with Crippen LogP contribution in [0.25, 0.3) is 0 Å². The number of amides is 1. The van der Waals surface area contributed by atoms with Crippen LogP contribution in [0.3, 0.4) is 0 Å². The number of rotatable bonds is 4. The fraction of sp³-hybridized carbons (Fsp3) is 0.250. The maximum atomic E-state index is 12.2. The van der Waals surface area contributed by atoms with Crippen LogP contribution in [-0.2, 0) is 0 Å². The number of benzene rings is 1. The summed E-state index contributed by atoms with van der Waals surface area (Å²) in [5.74, 6) is 0.235. The molecule has 0 spiro atoms. The second kappa shape index (κ2) is 6.14. The zero-order valence-electron chi connectivity index (χ0n) is 11.2. The zero-order chi connectivity index (χ0) is 13.7. The Morgan fingerprint density at radius 1 is 1.11 bits per heavy atom. The molecule has 3 nitrogen and oxygen atoms in total. The highest BCUT2D eigenvalue weighted by atomic mass is 16.1. The first-order valence-electron chi connectivity index (χ1n) is 6.44. The van der Waals surface area contributed by atoms with Crippen LogP contribution in [0.4, 0.5) is 0 Å². The fourth-order valence-electron chi connectivity index (χ4n) is 2.02. The Balaban J connectivity index is 2.17. The van der Waals surface area contributed by atoms with E-state index in [0.29, 0.717) is 11.5 Å². The van der Waals surface area contributed by atoms with Crippen molar-refractivity contribution in [3.63, 3.8) is 0 Å². The van der Waals surface area contributed by atoms with Gasteiger partial charge in [-0.15, -0.1) is 0 Å². The SMILES string of the molecule is CC(C)C(NC(=O)c1cccnc1)c1ccccc1. The molecule has 0 saturated heterocycles. The molecule has 1 heterocycles. The van der Waals surface area contributed by atoms with Gasteiger partial charge in [-0.2, -0.15) is 0 Å². The number of hydrogen-bond donors (Lipinski definition) is 1. The van der Waals surface area contributed by atoms with Crippen LogP contribution in [0, 0.1) is 5.92 Å². The summed E-state index contributed by atoms with van der Waals surface area (Å²) >= 11 is 0. The van der Waals surface area contributed by atoms with E-state index in [2.05, 4.69) is 24.1 Å². The summed E-state index contributed by atoms with van der Waals surface area (Å²) in [5.41, 5.74) is 1.71. The van der Waals surface area contributed by atoms with E-state index in [1.54, 1.807) is 24.5 Å². The third-order valence-electron chi connectivity index (χ3n) is 3.04. The lowest BCUT2D eigenvalue weighted by Gasteiger charge is -2.22. The Morgan fingerprint density at radius 2 is 1.84 bits per heavy atom. The molecule has 1 unspecified atom stereocenters. The predicted molar refractivity (Wildman–Crippen MR) is 75.7 cm³/mol. The van der Waals surface area contributed by atoms with Crippen LogP contribution in [0.15, 0.2) is 54.9 Å². The molecule has 98 valence electrons. The minimum Gasteiger partial charge on any atom is -0.345 e. The Morgan fingerprint density at radius 3 is 2.42 bits per heavy atom. The van der Waals surface area contributed by atoms with E-state index in [0.717, 1.165) is 5.56 Å². The Kier molecular flexibility index (Phi) is 4.29. The summed E-state index contributed by atoms with van der Waals surface area (Å²) in [7, 11) is 0. The first-order chi connectivity index (χ1) is 9.18. The van der Waals surface area contributed by atoms with Crippen LogP contribution < -0.4 is 5.32 Å². The van der Waals surface area contributed by atoms with Crippen LogP contribution in [0.1, 0.15) is 35.8 Å².